The van der Waals surface area contributed by atoms with Gasteiger partial charge in [-0.1, -0.05) is 51.9 Å². The van der Waals surface area contributed by atoms with E-state index < -0.39 is 7.82 Å². The third-order valence-electron chi connectivity index (χ3n) is 2.52. The van der Waals surface area contributed by atoms with Crippen molar-refractivity contribution in [3.05, 3.63) is 12.3 Å². The molecule has 0 aromatic heterocycles. The molecular formula is C12H25O4P. The Hall–Kier alpha value is -0.310. The van der Waals surface area contributed by atoms with E-state index in [0.717, 1.165) is 19.1 Å². The summed E-state index contributed by atoms with van der Waals surface area (Å²) in [6, 6.07) is 0. The van der Waals surface area contributed by atoms with E-state index in [1.807, 2.05) is 0 Å². The predicted octanol–water partition coefficient (Wildman–Crippen LogP) is 4.14. The molecule has 0 aliphatic rings. The van der Waals surface area contributed by atoms with Crippen LogP contribution in [0.5, 0.6) is 0 Å². The SMILES string of the molecule is CCCCCCCCCCC=COP(=O)(O)O. The first-order chi connectivity index (χ1) is 8.06. The topological polar surface area (TPSA) is 66.8 Å². The molecule has 0 saturated carbocycles. The van der Waals surface area contributed by atoms with Crippen LogP contribution in [0.25, 0.3) is 0 Å². The molecule has 0 heterocycles. The van der Waals surface area contributed by atoms with E-state index >= 15 is 0 Å². The van der Waals surface area contributed by atoms with Crippen molar-refractivity contribution < 1.29 is 18.9 Å². The maximum Gasteiger partial charge on any atom is 0.524 e. The second kappa shape index (κ2) is 10.8. The van der Waals surface area contributed by atoms with Crippen molar-refractivity contribution >= 4 is 7.82 Å². The lowest BCUT2D eigenvalue weighted by Gasteiger charge is -2.01. The van der Waals surface area contributed by atoms with Crippen molar-refractivity contribution in [2.75, 3.05) is 0 Å². The van der Waals surface area contributed by atoms with Crippen molar-refractivity contribution in [3.63, 3.8) is 0 Å². The largest absolute Gasteiger partial charge is 0.524 e. The third-order valence-corrected chi connectivity index (χ3v) is 2.92. The van der Waals surface area contributed by atoms with Crippen molar-refractivity contribution in [1.82, 2.24) is 0 Å². The summed E-state index contributed by atoms with van der Waals surface area (Å²) >= 11 is 0. The summed E-state index contributed by atoms with van der Waals surface area (Å²) in [5.41, 5.74) is 0. The molecule has 0 aliphatic heterocycles. The van der Waals surface area contributed by atoms with E-state index in [1.54, 1.807) is 6.08 Å². The van der Waals surface area contributed by atoms with Gasteiger partial charge in [-0.3, -0.25) is 9.79 Å². The zero-order valence-electron chi connectivity index (χ0n) is 10.7. The summed E-state index contributed by atoms with van der Waals surface area (Å²) < 4.78 is 14.5. The highest BCUT2D eigenvalue weighted by atomic mass is 31.2. The summed E-state index contributed by atoms with van der Waals surface area (Å²) in [7, 11) is -4.33. The fourth-order valence-electron chi connectivity index (χ4n) is 1.59. The van der Waals surface area contributed by atoms with Gasteiger partial charge in [0, 0.05) is 0 Å². The first-order valence-electron chi connectivity index (χ1n) is 6.45. The molecule has 0 saturated heterocycles. The van der Waals surface area contributed by atoms with Crippen LogP contribution in [0.1, 0.15) is 64.7 Å². The molecule has 102 valence electrons. The zero-order chi connectivity index (χ0) is 13.0. The van der Waals surface area contributed by atoms with Crippen LogP contribution in [0.4, 0.5) is 0 Å². The first-order valence-corrected chi connectivity index (χ1v) is 7.98. The Morgan fingerprint density at radius 3 is 2.06 bits per heavy atom. The molecule has 0 aromatic rings. The van der Waals surface area contributed by atoms with Crippen molar-refractivity contribution in [1.29, 1.82) is 0 Å². The van der Waals surface area contributed by atoms with Gasteiger partial charge in [0.05, 0.1) is 6.26 Å². The normalized spacial score (nSPS) is 12.2. The lowest BCUT2D eigenvalue weighted by atomic mass is 10.1. The van der Waals surface area contributed by atoms with Crippen LogP contribution < -0.4 is 0 Å². The van der Waals surface area contributed by atoms with Gasteiger partial charge in [0.15, 0.2) is 0 Å². The van der Waals surface area contributed by atoms with E-state index in [4.69, 9.17) is 9.79 Å². The van der Waals surface area contributed by atoms with E-state index in [2.05, 4.69) is 11.4 Å². The Morgan fingerprint density at radius 1 is 1.00 bits per heavy atom. The fourth-order valence-corrected chi connectivity index (χ4v) is 1.83. The van der Waals surface area contributed by atoms with E-state index in [9.17, 15) is 4.57 Å². The van der Waals surface area contributed by atoms with Crippen LogP contribution >= 0.6 is 7.82 Å². The molecule has 0 atom stereocenters. The van der Waals surface area contributed by atoms with Gasteiger partial charge in [-0.25, -0.2) is 4.57 Å². The Bertz CT molecular complexity index is 235. The Kier molecular flexibility index (Phi) is 10.6. The van der Waals surface area contributed by atoms with Gasteiger partial charge < -0.3 is 4.52 Å². The minimum Gasteiger partial charge on any atom is -0.413 e. The Labute approximate surface area is 104 Å². The second-order valence-electron chi connectivity index (χ2n) is 4.23. The van der Waals surface area contributed by atoms with Gasteiger partial charge in [0.25, 0.3) is 0 Å². The van der Waals surface area contributed by atoms with Gasteiger partial charge >= 0.3 is 7.82 Å². The average Bonchev–Trinajstić information content (AvgIpc) is 2.24. The van der Waals surface area contributed by atoms with Gasteiger partial charge in [-0.15, -0.1) is 0 Å². The van der Waals surface area contributed by atoms with Gasteiger partial charge in [-0.05, 0) is 18.9 Å². The van der Waals surface area contributed by atoms with Gasteiger partial charge in [-0.2, -0.15) is 0 Å². The van der Waals surface area contributed by atoms with Crippen molar-refractivity contribution in [2.45, 2.75) is 64.7 Å². The molecule has 0 radical (unpaired) electrons. The number of hydrogen-bond donors (Lipinski definition) is 2. The Balaban J connectivity index is 3.16. The highest BCUT2D eigenvalue weighted by molar-refractivity contribution is 7.46. The lowest BCUT2D eigenvalue weighted by Crippen LogP contribution is -1.81. The average molecular weight is 264 g/mol. The fraction of sp³-hybridized carbons (Fsp3) is 0.833. The van der Waals surface area contributed by atoms with Crippen LogP contribution in [0.2, 0.25) is 0 Å². The maximum absolute atomic E-state index is 10.3. The molecule has 0 fully saturated rings. The van der Waals surface area contributed by atoms with Gasteiger partial charge in [0.1, 0.15) is 0 Å². The molecule has 0 amide bonds. The number of hydrogen-bond acceptors (Lipinski definition) is 2. The summed E-state index contributed by atoms with van der Waals surface area (Å²) in [5.74, 6) is 0. The minimum absolute atomic E-state index is 0.814. The standard InChI is InChI=1S/C12H25O4P/c1-2-3-4-5-6-7-8-9-10-11-12-16-17(13,14)15/h11-12H,2-10H2,1H3,(H2,13,14,15). The summed E-state index contributed by atoms with van der Waals surface area (Å²) in [6.45, 7) is 2.21. The van der Waals surface area contributed by atoms with E-state index in [1.165, 1.54) is 44.9 Å². The smallest absolute Gasteiger partial charge is 0.413 e. The maximum atomic E-state index is 10.3. The number of allylic oxidation sites excluding steroid dienone is 1. The molecule has 17 heavy (non-hydrogen) atoms. The quantitative estimate of drug-likeness (QED) is 0.334. The van der Waals surface area contributed by atoms with Crippen LogP contribution in [-0.4, -0.2) is 9.79 Å². The lowest BCUT2D eigenvalue weighted by molar-refractivity contribution is 0.258. The van der Waals surface area contributed by atoms with E-state index in [-0.39, 0.29) is 0 Å². The van der Waals surface area contributed by atoms with Crippen molar-refractivity contribution in [2.24, 2.45) is 0 Å². The molecule has 0 spiro atoms. The first kappa shape index (κ1) is 16.7. The molecular weight excluding hydrogens is 239 g/mol. The van der Waals surface area contributed by atoms with Crippen LogP contribution in [0, 0.1) is 0 Å². The molecule has 0 bridgehead atoms. The summed E-state index contributed by atoms with van der Waals surface area (Å²) in [4.78, 5) is 16.8. The highest BCUT2D eigenvalue weighted by Gasteiger charge is 2.10. The number of phosphoric acid groups is 1. The third kappa shape index (κ3) is 15.7. The monoisotopic (exact) mass is 264 g/mol. The second-order valence-corrected chi connectivity index (χ2v) is 5.42. The molecule has 0 aliphatic carbocycles. The molecule has 0 unspecified atom stereocenters. The Morgan fingerprint density at radius 2 is 1.53 bits per heavy atom. The molecule has 0 rings (SSSR count). The summed E-state index contributed by atoms with van der Waals surface area (Å²) in [6.07, 6.45) is 13.6. The van der Waals surface area contributed by atoms with Crippen LogP contribution in [0.15, 0.2) is 12.3 Å². The summed E-state index contributed by atoms with van der Waals surface area (Å²) in [5, 5.41) is 0. The van der Waals surface area contributed by atoms with Gasteiger partial charge in [0.2, 0.25) is 0 Å². The van der Waals surface area contributed by atoms with Crippen LogP contribution in [-0.2, 0) is 9.09 Å². The molecule has 2 N–H and O–H groups in total. The molecule has 0 aromatic carbocycles. The number of unbranched alkanes of at least 4 members (excludes halogenated alkanes) is 8. The van der Waals surface area contributed by atoms with Crippen LogP contribution in [0.3, 0.4) is 0 Å². The molecule has 4 nitrogen and oxygen atoms in total. The van der Waals surface area contributed by atoms with E-state index in [0.29, 0.717) is 0 Å². The zero-order valence-corrected chi connectivity index (χ0v) is 11.6. The van der Waals surface area contributed by atoms with Crippen molar-refractivity contribution in [3.8, 4) is 0 Å². The minimum atomic E-state index is -4.33. The highest BCUT2D eigenvalue weighted by Crippen LogP contribution is 2.35. The number of rotatable bonds is 11. The number of phosphoric ester groups is 1. The molecule has 5 heteroatoms. The predicted molar refractivity (Wildman–Crippen MR) is 69.5 cm³/mol.